The zero-order chi connectivity index (χ0) is 15.8. The maximum atomic E-state index is 11.9. The van der Waals surface area contributed by atoms with E-state index in [9.17, 15) is 4.79 Å². The molecule has 1 N–H and O–H groups in total. The third kappa shape index (κ3) is 5.22. The molecule has 0 unspecified atom stereocenters. The number of hydrogen-bond donors (Lipinski definition) is 1. The predicted molar refractivity (Wildman–Crippen MR) is 86.3 cm³/mol. The summed E-state index contributed by atoms with van der Waals surface area (Å²) in [4.78, 5) is 14.1. The fourth-order valence-corrected chi connectivity index (χ4v) is 2.78. The van der Waals surface area contributed by atoms with Crippen molar-refractivity contribution in [2.45, 2.75) is 19.8 Å². The van der Waals surface area contributed by atoms with Gasteiger partial charge in [0.2, 0.25) is 5.91 Å². The van der Waals surface area contributed by atoms with Crippen molar-refractivity contribution in [3.8, 4) is 11.5 Å². The van der Waals surface area contributed by atoms with Gasteiger partial charge in [-0.05, 0) is 37.4 Å². The second-order valence-corrected chi connectivity index (χ2v) is 5.83. The third-order valence-electron chi connectivity index (χ3n) is 3.86. The Morgan fingerprint density at radius 1 is 1.36 bits per heavy atom. The van der Waals surface area contributed by atoms with Gasteiger partial charge >= 0.3 is 0 Å². The summed E-state index contributed by atoms with van der Waals surface area (Å²) in [5.74, 6) is 2.16. The van der Waals surface area contributed by atoms with E-state index in [0.29, 0.717) is 37.1 Å². The quantitative estimate of drug-likeness (QED) is 0.782. The Bertz CT molecular complexity index is 479. The van der Waals surface area contributed by atoms with Crippen molar-refractivity contribution in [3.63, 3.8) is 0 Å². The Balaban J connectivity index is 1.64. The minimum atomic E-state index is 0.0673. The summed E-state index contributed by atoms with van der Waals surface area (Å²) in [6.07, 6.45) is 2.45. The number of benzene rings is 1. The standard InChI is InChI=1S/C17H26N2O3/c1-14-6-5-10-19(12-14)13-17(20)18-9-11-22-16-8-4-3-7-15(16)21-2/h3-4,7-8,14H,5-6,9-13H2,1-2H3,(H,18,20)/t14-/m0/s1. The minimum absolute atomic E-state index is 0.0673. The van der Waals surface area contributed by atoms with Crippen LogP contribution in [0.3, 0.4) is 0 Å². The number of nitrogens with zero attached hydrogens (tertiary/aromatic N) is 1. The second kappa shape index (κ2) is 8.63. The van der Waals surface area contributed by atoms with Crippen LogP contribution in [0.1, 0.15) is 19.8 Å². The molecule has 0 saturated carbocycles. The molecule has 2 rings (SSSR count). The highest BCUT2D eigenvalue weighted by atomic mass is 16.5. The van der Waals surface area contributed by atoms with E-state index < -0.39 is 0 Å². The number of piperidine rings is 1. The molecule has 1 aromatic rings. The van der Waals surface area contributed by atoms with Gasteiger partial charge in [-0.25, -0.2) is 0 Å². The lowest BCUT2D eigenvalue weighted by atomic mass is 10.0. The van der Waals surface area contributed by atoms with E-state index in [1.54, 1.807) is 7.11 Å². The molecule has 1 amide bonds. The topological polar surface area (TPSA) is 50.8 Å². The average Bonchev–Trinajstić information content (AvgIpc) is 2.52. The molecule has 5 heteroatoms. The number of hydrogen-bond acceptors (Lipinski definition) is 4. The number of amides is 1. The largest absolute Gasteiger partial charge is 0.493 e. The molecule has 0 radical (unpaired) electrons. The number of carbonyl (C=O) groups excluding carboxylic acids is 1. The van der Waals surface area contributed by atoms with Gasteiger partial charge in [0.15, 0.2) is 11.5 Å². The van der Waals surface area contributed by atoms with Crippen molar-refractivity contribution in [1.29, 1.82) is 0 Å². The molecule has 0 spiro atoms. The van der Waals surface area contributed by atoms with Gasteiger partial charge in [-0.15, -0.1) is 0 Å². The molecule has 0 aliphatic carbocycles. The Kier molecular flexibility index (Phi) is 6.52. The molecule has 22 heavy (non-hydrogen) atoms. The Labute approximate surface area is 132 Å². The van der Waals surface area contributed by atoms with Gasteiger partial charge < -0.3 is 14.8 Å². The van der Waals surface area contributed by atoms with Crippen molar-refractivity contribution in [2.75, 3.05) is 39.9 Å². The minimum Gasteiger partial charge on any atom is -0.493 e. The van der Waals surface area contributed by atoms with Crippen LogP contribution in [-0.2, 0) is 4.79 Å². The van der Waals surface area contributed by atoms with E-state index in [4.69, 9.17) is 9.47 Å². The maximum absolute atomic E-state index is 11.9. The van der Waals surface area contributed by atoms with Crippen molar-refractivity contribution >= 4 is 5.91 Å². The van der Waals surface area contributed by atoms with Crippen molar-refractivity contribution < 1.29 is 14.3 Å². The SMILES string of the molecule is COc1ccccc1OCCNC(=O)CN1CCC[C@H](C)C1. The van der Waals surface area contributed by atoms with Crippen LogP contribution in [0, 0.1) is 5.92 Å². The van der Waals surface area contributed by atoms with Crippen molar-refractivity contribution in [1.82, 2.24) is 10.2 Å². The average molecular weight is 306 g/mol. The number of likely N-dealkylation sites (tertiary alicyclic amines) is 1. The van der Waals surface area contributed by atoms with Gasteiger partial charge in [-0.2, -0.15) is 0 Å². The van der Waals surface area contributed by atoms with Crippen LogP contribution in [0.15, 0.2) is 24.3 Å². The fourth-order valence-electron chi connectivity index (χ4n) is 2.78. The fraction of sp³-hybridized carbons (Fsp3) is 0.588. The van der Waals surface area contributed by atoms with Gasteiger partial charge in [0.25, 0.3) is 0 Å². The summed E-state index contributed by atoms with van der Waals surface area (Å²) in [6, 6.07) is 7.50. The predicted octanol–water partition coefficient (Wildman–Crippen LogP) is 1.92. The van der Waals surface area contributed by atoms with Gasteiger partial charge in [-0.3, -0.25) is 9.69 Å². The number of rotatable bonds is 7. The first-order chi connectivity index (χ1) is 10.7. The first-order valence-electron chi connectivity index (χ1n) is 7.94. The number of methoxy groups -OCH3 is 1. The summed E-state index contributed by atoms with van der Waals surface area (Å²) in [5.41, 5.74) is 0. The molecule has 1 heterocycles. The molecule has 1 fully saturated rings. The zero-order valence-corrected chi connectivity index (χ0v) is 13.5. The lowest BCUT2D eigenvalue weighted by Crippen LogP contribution is -2.42. The van der Waals surface area contributed by atoms with Gasteiger partial charge in [-0.1, -0.05) is 19.1 Å². The summed E-state index contributed by atoms with van der Waals surface area (Å²) >= 11 is 0. The highest BCUT2D eigenvalue weighted by molar-refractivity contribution is 5.78. The molecule has 122 valence electrons. The molecule has 1 aliphatic rings. The van der Waals surface area contributed by atoms with Crippen LogP contribution in [0.4, 0.5) is 0 Å². The van der Waals surface area contributed by atoms with Crippen LogP contribution < -0.4 is 14.8 Å². The number of carbonyl (C=O) groups is 1. The maximum Gasteiger partial charge on any atom is 0.234 e. The smallest absolute Gasteiger partial charge is 0.234 e. The molecule has 1 aliphatic heterocycles. The molecule has 1 saturated heterocycles. The van der Waals surface area contributed by atoms with E-state index in [2.05, 4.69) is 17.1 Å². The van der Waals surface area contributed by atoms with Crippen LogP contribution in [0.25, 0.3) is 0 Å². The summed E-state index contributed by atoms with van der Waals surface area (Å²) in [6.45, 7) is 5.70. The van der Waals surface area contributed by atoms with Crippen LogP contribution in [-0.4, -0.2) is 50.7 Å². The summed E-state index contributed by atoms with van der Waals surface area (Å²) < 4.78 is 10.8. The third-order valence-corrected chi connectivity index (χ3v) is 3.86. The van der Waals surface area contributed by atoms with Crippen LogP contribution >= 0.6 is 0 Å². The Morgan fingerprint density at radius 2 is 2.14 bits per heavy atom. The summed E-state index contributed by atoms with van der Waals surface area (Å²) in [5, 5.41) is 2.91. The van der Waals surface area contributed by atoms with E-state index in [-0.39, 0.29) is 5.91 Å². The molecule has 1 atom stereocenters. The highest BCUT2D eigenvalue weighted by Gasteiger charge is 2.18. The molecular weight excluding hydrogens is 280 g/mol. The zero-order valence-electron chi connectivity index (χ0n) is 13.5. The van der Waals surface area contributed by atoms with Crippen molar-refractivity contribution in [2.24, 2.45) is 5.92 Å². The first kappa shape index (κ1) is 16.6. The van der Waals surface area contributed by atoms with E-state index in [0.717, 1.165) is 13.1 Å². The van der Waals surface area contributed by atoms with Gasteiger partial charge in [0.05, 0.1) is 20.2 Å². The first-order valence-corrected chi connectivity index (χ1v) is 7.94. The van der Waals surface area contributed by atoms with Gasteiger partial charge in [0.1, 0.15) is 6.61 Å². The van der Waals surface area contributed by atoms with Crippen molar-refractivity contribution in [3.05, 3.63) is 24.3 Å². The monoisotopic (exact) mass is 306 g/mol. The number of nitrogens with one attached hydrogen (secondary N) is 1. The molecule has 5 nitrogen and oxygen atoms in total. The normalized spacial score (nSPS) is 18.7. The second-order valence-electron chi connectivity index (χ2n) is 5.83. The molecule has 1 aromatic carbocycles. The highest BCUT2D eigenvalue weighted by Crippen LogP contribution is 2.25. The number of para-hydroxylation sites is 2. The van der Waals surface area contributed by atoms with E-state index in [1.807, 2.05) is 24.3 Å². The van der Waals surface area contributed by atoms with E-state index >= 15 is 0 Å². The number of ether oxygens (including phenoxy) is 2. The van der Waals surface area contributed by atoms with Crippen LogP contribution in [0.5, 0.6) is 11.5 Å². The van der Waals surface area contributed by atoms with E-state index in [1.165, 1.54) is 12.8 Å². The lowest BCUT2D eigenvalue weighted by Gasteiger charge is -2.30. The molecular formula is C17H26N2O3. The molecule has 0 bridgehead atoms. The van der Waals surface area contributed by atoms with Crippen LogP contribution in [0.2, 0.25) is 0 Å². The Hall–Kier alpha value is -1.75. The molecule has 0 aromatic heterocycles. The lowest BCUT2D eigenvalue weighted by molar-refractivity contribution is -0.122. The van der Waals surface area contributed by atoms with Gasteiger partial charge in [0, 0.05) is 6.54 Å². The Morgan fingerprint density at radius 3 is 2.86 bits per heavy atom. The summed E-state index contributed by atoms with van der Waals surface area (Å²) in [7, 11) is 1.61.